The van der Waals surface area contributed by atoms with Crippen LogP contribution in [-0.4, -0.2) is 11.2 Å². The Bertz CT molecular complexity index is 312. The zero-order chi connectivity index (χ0) is 22.8. The molecule has 1 unspecified atom stereocenters. The first-order chi connectivity index (χ1) is 15.2. The quantitative estimate of drug-likeness (QED) is 0.133. The van der Waals surface area contributed by atoms with Crippen LogP contribution in [0.4, 0.5) is 0 Å². The standard InChI is InChI=1S/C30H62O/c1-4-5-6-7-8-14-18-21-24-27-30(31)28-25-22-19-16-13-11-9-10-12-15-17-20-23-26-29(2)3/h29-31H,4-28H2,1-3H3. The summed E-state index contributed by atoms with van der Waals surface area (Å²) < 4.78 is 0. The lowest BCUT2D eigenvalue weighted by atomic mass is 10.0. The molecule has 0 saturated carbocycles. The van der Waals surface area contributed by atoms with Crippen LogP contribution in [-0.2, 0) is 0 Å². The van der Waals surface area contributed by atoms with Gasteiger partial charge in [0, 0.05) is 0 Å². The lowest BCUT2D eigenvalue weighted by molar-refractivity contribution is 0.147. The molecule has 0 bridgehead atoms. The molecular formula is C30H62O. The van der Waals surface area contributed by atoms with Crippen LogP contribution < -0.4 is 0 Å². The number of hydrogen-bond acceptors (Lipinski definition) is 1. The molecule has 0 aliphatic heterocycles. The second-order valence-corrected chi connectivity index (χ2v) is 10.8. The van der Waals surface area contributed by atoms with E-state index in [0.717, 1.165) is 18.8 Å². The van der Waals surface area contributed by atoms with Gasteiger partial charge in [-0.15, -0.1) is 0 Å². The third-order valence-electron chi connectivity index (χ3n) is 6.96. The van der Waals surface area contributed by atoms with Gasteiger partial charge in [-0.25, -0.2) is 0 Å². The largest absolute Gasteiger partial charge is 0.393 e. The summed E-state index contributed by atoms with van der Waals surface area (Å²) in [5, 5.41) is 10.2. The summed E-state index contributed by atoms with van der Waals surface area (Å²) in [4.78, 5) is 0. The average Bonchev–Trinajstić information content (AvgIpc) is 2.75. The first kappa shape index (κ1) is 31.0. The molecular weight excluding hydrogens is 376 g/mol. The average molecular weight is 439 g/mol. The summed E-state index contributed by atoms with van der Waals surface area (Å²) in [6.45, 7) is 6.95. The lowest BCUT2D eigenvalue weighted by Crippen LogP contribution is -2.05. The molecule has 1 heteroatoms. The molecule has 0 aromatic carbocycles. The number of rotatable bonds is 26. The van der Waals surface area contributed by atoms with Gasteiger partial charge in [0.05, 0.1) is 6.10 Å². The number of hydrogen-bond donors (Lipinski definition) is 1. The first-order valence-electron chi connectivity index (χ1n) is 14.8. The van der Waals surface area contributed by atoms with E-state index in [1.165, 1.54) is 148 Å². The highest BCUT2D eigenvalue weighted by Gasteiger charge is 2.04. The molecule has 0 heterocycles. The number of unbranched alkanes of at least 4 members (excludes halogenated alkanes) is 20. The molecule has 0 aliphatic rings. The molecule has 0 spiro atoms. The SMILES string of the molecule is CCCCCCCCCCCC(O)CCCCCCCCCCCCCCCC(C)C. The summed E-state index contributed by atoms with van der Waals surface area (Å²) in [6, 6.07) is 0. The predicted octanol–water partition coefficient (Wildman–Crippen LogP) is 10.8. The van der Waals surface area contributed by atoms with Crippen molar-refractivity contribution in [2.45, 2.75) is 187 Å². The molecule has 1 N–H and O–H groups in total. The van der Waals surface area contributed by atoms with E-state index in [-0.39, 0.29) is 6.10 Å². The van der Waals surface area contributed by atoms with Crippen molar-refractivity contribution in [2.75, 3.05) is 0 Å². The Hall–Kier alpha value is -0.0400. The van der Waals surface area contributed by atoms with Gasteiger partial charge in [-0.1, -0.05) is 168 Å². The van der Waals surface area contributed by atoms with Crippen molar-refractivity contribution in [1.29, 1.82) is 0 Å². The van der Waals surface area contributed by atoms with E-state index in [1.54, 1.807) is 0 Å². The van der Waals surface area contributed by atoms with E-state index in [0.29, 0.717) is 0 Å². The van der Waals surface area contributed by atoms with Crippen molar-refractivity contribution in [2.24, 2.45) is 5.92 Å². The molecule has 1 atom stereocenters. The van der Waals surface area contributed by atoms with Crippen LogP contribution in [0.15, 0.2) is 0 Å². The maximum Gasteiger partial charge on any atom is 0.0540 e. The summed E-state index contributed by atoms with van der Waals surface area (Å²) in [6.07, 6.45) is 34.2. The molecule has 0 amide bonds. The van der Waals surface area contributed by atoms with Gasteiger partial charge >= 0.3 is 0 Å². The fraction of sp³-hybridized carbons (Fsp3) is 1.00. The monoisotopic (exact) mass is 438 g/mol. The second-order valence-electron chi connectivity index (χ2n) is 10.8. The van der Waals surface area contributed by atoms with E-state index >= 15 is 0 Å². The van der Waals surface area contributed by atoms with Crippen molar-refractivity contribution in [3.63, 3.8) is 0 Å². The maximum absolute atomic E-state index is 10.2. The Balaban J connectivity index is 3.13. The first-order valence-corrected chi connectivity index (χ1v) is 14.8. The van der Waals surface area contributed by atoms with Gasteiger partial charge in [0.2, 0.25) is 0 Å². The van der Waals surface area contributed by atoms with Gasteiger partial charge in [-0.05, 0) is 18.8 Å². The van der Waals surface area contributed by atoms with Crippen molar-refractivity contribution in [1.82, 2.24) is 0 Å². The molecule has 0 saturated heterocycles. The molecule has 0 radical (unpaired) electrons. The maximum atomic E-state index is 10.2. The van der Waals surface area contributed by atoms with Crippen LogP contribution >= 0.6 is 0 Å². The molecule has 0 aliphatic carbocycles. The summed E-state index contributed by atoms with van der Waals surface area (Å²) >= 11 is 0. The fourth-order valence-electron chi connectivity index (χ4n) is 4.71. The third kappa shape index (κ3) is 27.9. The van der Waals surface area contributed by atoms with Crippen molar-refractivity contribution < 1.29 is 5.11 Å². The van der Waals surface area contributed by atoms with Gasteiger partial charge in [0.1, 0.15) is 0 Å². The van der Waals surface area contributed by atoms with E-state index in [1.807, 2.05) is 0 Å². The number of aliphatic hydroxyl groups is 1. The smallest absolute Gasteiger partial charge is 0.0540 e. The van der Waals surface area contributed by atoms with Crippen LogP contribution in [0.3, 0.4) is 0 Å². The molecule has 0 aromatic rings. The van der Waals surface area contributed by atoms with Gasteiger partial charge in [0.25, 0.3) is 0 Å². The van der Waals surface area contributed by atoms with E-state index in [9.17, 15) is 5.11 Å². The zero-order valence-corrected chi connectivity index (χ0v) is 22.3. The molecule has 31 heavy (non-hydrogen) atoms. The Morgan fingerprint density at radius 3 is 0.935 bits per heavy atom. The summed E-state index contributed by atoms with van der Waals surface area (Å²) in [5.74, 6) is 0.884. The fourth-order valence-corrected chi connectivity index (χ4v) is 4.71. The van der Waals surface area contributed by atoms with Crippen molar-refractivity contribution in [3.8, 4) is 0 Å². The zero-order valence-electron chi connectivity index (χ0n) is 22.3. The molecule has 1 nitrogen and oxygen atoms in total. The highest BCUT2D eigenvalue weighted by molar-refractivity contribution is 4.58. The number of aliphatic hydroxyl groups excluding tert-OH is 1. The molecule has 0 rings (SSSR count). The Kier molecular flexibility index (Phi) is 26.2. The highest BCUT2D eigenvalue weighted by Crippen LogP contribution is 2.16. The van der Waals surface area contributed by atoms with E-state index in [4.69, 9.17) is 0 Å². The minimum absolute atomic E-state index is 0.0325. The van der Waals surface area contributed by atoms with E-state index in [2.05, 4.69) is 20.8 Å². The lowest BCUT2D eigenvalue weighted by Gasteiger charge is -2.10. The van der Waals surface area contributed by atoms with Crippen LogP contribution in [0, 0.1) is 5.92 Å². The Labute approximate surface area is 198 Å². The van der Waals surface area contributed by atoms with Gasteiger partial charge in [-0.2, -0.15) is 0 Å². The summed E-state index contributed by atoms with van der Waals surface area (Å²) in [7, 11) is 0. The van der Waals surface area contributed by atoms with Gasteiger partial charge < -0.3 is 5.11 Å². The molecule has 188 valence electrons. The van der Waals surface area contributed by atoms with Gasteiger partial charge in [-0.3, -0.25) is 0 Å². The van der Waals surface area contributed by atoms with Crippen LogP contribution in [0.5, 0.6) is 0 Å². The predicted molar refractivity (Wildman–Crippen MR) is 142 cm³/mol. The second kappa shape index (κ2) is 26.2. The minimum atomic E-state index is -0.0325. The van der Waals surface area contributed by atoms with E-state index < -0.39 is 0 Å². The summed E-state index contributed by atoms with van der Waals surface area (Å²) in [5.41, 5.74) is 0. The van der Waals surface area contributed by atoms with Crippen LogP contribution in [0.1, 0.15) is 181 Å². The Morgan fingerprint density at radius 2 is 0.645 bits per heavy atom. The minimum Gasteiger partial charge on any atom is -0.393 e. The van der Waals surface area contributed by atoms with Crippen LogP contribution in [0.25, 0.3) is 0 Å². The highest BCUT2D eigenvalue weighted by atomic mass is 16.3. The van der Waals surface area contributed by atoms with Gasteiger partial charge in [0.15, 0.2) is 0 Å². The molecule has 0 fully saturated rings. The van der Waals surface area contributed by atoms with Crippen molar-refractivity contribution in [3.05, 3.63) is 0 Å². The Morgan fingerprint density at radius 1 is 0.387 bits per heavy atom. The third-order valence-corrected chi connectivity index (χ3v) is 6.96. The normalized spacial score (nSPS) is 12.7. The van der Waals surface area contributed by atoms with Crippen LogP contribution in [0.2, 0.25) is 0 Å². The molecule has 0 aromatic heterocycles. The van der Waals surface area contributed by atoms with Crippen molar-refractivity contribution >= 4 is 0 Å². The topological polar surface area (TPSA) is 20.2 Å².